The molecule has 4 nitrogen and oxygen atoms in total. The van der Waals surface area contributed by atoms with Crippen LogP contribution in [-0.4, -0.2) is 20.2 Å². The van der Waals surface area contributed by atoms with E-state index in [9.17, 15) is 9.18 Å². The van der Waals surface area contributed by atoms with Gasteiger partial charge in [0, 0.05) is 5.56 Å². The molecule has 0 bridgehead atoms. The van der Waals surface area contributed by atoms with Crippen LogP contribution in [0.3, 0.4) is 0 Å². The van der Waals surface area contributed by atoms with Crippen molar-refractivity contribution in [1.82, 2.24) is 0 Å². The van der Waals surface area contributed by atoms with Gasteiger partial charge in [0.05, 0.1) is 20.1 Å². The molecule has 0 aliphatic heterocycles. The predicted molar refractivity (Wildman–Crippen MR) is 140 cm³/mol. The van der Waals surface area contributed by atoms with Gasteiger partial charge in [0.2, 0.25) is 0 Å². The molecule has 5 heteroatoms. The van der Waals surface area contributed by atoms with E-state index in [1.165, 1.54) is 24.3 Å². The van der Waals surface area contributed by atoms with Crippen LogP contribution in [0.4, 0.5) is 4.39 Å². The maximum atomic E-state index is 14.8. The quantitative estimate of drug-likeness (QED) is 0.328. The van der Waals surface area contributed by atoms with Crippen molar-refractivity contribution in [1.29, 1.82) is 0 Å². The van der Waals surface area contributed by atoms with E-state index in [4.69, 9.17) is 14.2 Å². The SMILES string of the molecule is COC(=O)[C@H](C)C1CCc2ccc(OCc3ccc(-c4cc(OC)ccc4F)c(C(C)(C)C)c3)cc21. The number of carbonyl (C=O) groups excluding carboxylic acids is 1. The van der Waals surface area contributed by atoms with Crippen LogP contribution in [0.25, 0.3) is 11.1 Å². The fourth-order valence-electron chi connectivity index (χ4n) is 5.11. The van der Waals surface area contributed by atoms with Crippen LogP contribution in [0.5, 0.6) is 11.5 Å². The number of hydrogen-bond acceptors (Lipinski definition) is 4. The zero-order valence-electron chi connectivity index (χ0n) is 22.0. The molecule has 3 aromatic carbocycles. The van der Waals surface area contributed by atoms with Crippen LogP contribution in [0, 0.1) is 11.7 Å². The molecule has 0 spiro atoms. The Kier molecular flexibility index (Phi) is 7.39. The van der Waals surface area contributed by atoms with Gasteiger partial charge in [-0.3, -0.25) is 4.79 Å². The number of benzene rings is 3. The van der Waals surface area contributed by atoms with Gasteiger partial charge in [-0.05, 0) is 82.3 Å². The van der Waals surface area contributed by atoms with Gasteiger partial charge in [0.15, 0.2) is 0 Å². The number of ether oxygens (including phenoxy) is 3. The molecule has 2 atom stereocenters. The molecule has 0 radical (unpaired) electrons. The molecule has 1 aliphatic carbocycles. The van der Waals surface area contributed by atoms with E-state index in [1.807, 2.05) is 25.1 Å². The third-order valence-corrected chi connectivity index (χ3v) is 7.18. The second-order valence-corrected chi connectivity index (χ2v) is 10.6. The van der Waals surface area contributed by atoms with Crippen molar-refractivity contribution in [3.63, 3.8) is 0 Å². The third-order valence-electron chi connectivity index (χ3n) is 7.18. The van der Waals surface area contributed by atoms with Crippen molar-refractivity contribution < 1.29 is 23.4 Å². The topological polar surface area (TPSA) is 44.8 Å². The van der Waals surface area contributed by atoms with Crippen molar-refractivity contribution >= 4 is 5.97 Å². The molecule has 1 unspecified atom stereocenters. The molecule has 0 amide bonds. The Balaban J connectivity index is 1.59. The van der Waals surface area contributed by atoms with E-state index >= 15 is 0 Å². The Morgan fingerprint density at radius 3 is 2.44 bits per heavy atom. The number of aryl methyl sites for hydroxylation is 1. The summed E-state index contributed by atoms with van der Waals surface area (Å²) < 4.78 is 31.3. The van der Waals surface area contributed by atoms with Gasteiger partial charge in [-0.2, -0.15) is 0 Å². The van der Waals surface area contributed by atoms with Gasteiger partial charge in [0.25, 0.3) is 0 Å². The summed E-state index contributed by atoms with van der Waals surface area (Å²) in [5.74, 6) is 0.889. The Morgan fingerprint density at radius 2 is 1.75 bits per heavy atom. The minimum atomic E-state index is -0.279. The molecule has 0 heterocycles. The van der Waals surface area contributed by atoms with Gasteiger partial charge >= 0.3 is 5.97 Å². The number of rotatable bonds is 7. The van der Waals surface area contributed by atoms with E-state index in [2.05, 4.69) is 39.0 Å². The average Bonchev–Trinajstić information content (AvgIpc) is 3.29. The normalized spacial score (nSPS) is 15.8. The molecule has 0 aromatic heterocycles. The highest BCUT2D eigenvalue weighted by Crippen LogP contribution is 2.41. The summed E-state index contributed by atoms with van der Waals surface area (Å²) in [5.41, 5.74) is 5.65. The fraction of sp³-hybridized carbons (Fsp3) is 0.387. The minimum absolute atomic E-state index is 0.139. The molecule has 0 fully saturated rings. The van der Waals surface area contributed by atoms with Crippen LogP contribution < -0.4 is 9.47 Å². The van der Waals surface area contributed by atoms with Crippen molar-refractivity contribution in [2.24, 2.45) is 5.92 Å². The number of fused-ring (bicyclic) bond motifs is 1. The summed E-state index contributed by atoms with van der Waals surface area (Å²) in [6.45, 7) is 8.69. The zero-order chi connectivity index (χ0) is 26.0. The maximum absolute atomic E-state index is 14.8. The Hall–Kier alpha value is -3.34. The van der Waals surface area contributed by atoms with E-state index in [0.717, 1.165) is 35.3 Å². The van der Waals surface area contributed by atoms with E-state index in [-0.39, 0.29) is 29.0 Å². The monoisotopic (exact) mass is 490 g/mol. The number of hydrogen-bond donors (Lipinski definition) is 0. The molecule has 0 saturated heterocycles. The Labute approximate surface area is 213 Å². The summed E-state index contributed by atoms with van der Waals surface area (Å²) in [6, 6.07) is 17.0. The summed E-state index contributed by atoms with van der Waals surface area (Å²) in [6.07, 6.45) is 1.89. The van der Waals surface area contributed by atoms with Crippen LogP contribution >= 0.6 is 0 Å². The molecule has 0 N–H and O–H groups in total. The van der Waals surface area contributed by atoms with Gasteiger partial charge in [0.1, 0.15) is 23.9 Å². The predicted octanol–water partition coefficient (Wildman–Crippen LogP) is 7.22. The second kappa shape index (κ2) is 10.3. The van der Waals surface area contributed by atoms with Crippen molar-refractivity contribution in [2.45, 2.75) is 58.5 Å². The lowest BCUT2D eigenvalue weighted by molar-refractivity contribution is -0.145. The summed E-state index contributed by atoms with van der Waals surface area (Å²) in [7, 11) is 3.02. The van der Waals surface area contributed by atoms with Crippen LogP contribution in [0.1, 0.15) is 62.3 Å². The first-order valence-corrected chi connectivity index (χ1v) is 12.4. The molecule has 3 aromatic rings. The van der Waals surface area contributed by atoms with Gasteiger partial charge in [-0.1, -0.05) is 52.0 Å². The molecule has 4 rings (SSSR count). The van der Waals surface area contributed by atoms with Gasteiger partial charge < -0.3 is 14.2 Å². The first kappa shape index (κ1) is 25.7. The highest BCUT2D eigenvalue weighted by molar-refractivity contribution is 5.73. The highest BCUT2D eigenvalue weighted by Gasteiger charge is 2.32. The van der Waals surface area contributed by atoms with E-state index in [1.54, 1.807) is 19.2 Å². The van der Waals surface area contributed by atoms with Crippen LogP contribution in [0.15, 0.2) is 54.6 Å². The fourth-order valence-corrected chi connectivity index (χ4v) is 5.11. The van der Waals surface area contributed by atoms with Crippen LogP contribution in [-0.2, 0) is 28.0 Å². The number of carbonyl (C=O) groups is 1. The van der Waals surface area contributed by atoms with Gasteiger partial charge in [-0.25, -0.2) is 4.39 Å². The zero-order valence-corrected chi connectivity index (χ0v) is 22.0. The molecule has 1 aliphatic rings. The summed E-state index contributed by atoms with van der Waals surface area (Å²) in [5, 5.41) is 0. The smallest absolute Gasteiger partial charge is 0.308 e. The Morgan fingerprint density at radius 1 is 1.00 bits per heavy atom. The number of methoxy groups -OCH3 is 2. The first-order chi connectivity index (χ1) is 17.1. The minimum Gasteiger partial charge on any atom is -0.497 e. The summed E-state index contributed by atoms with van der Waals surface area (Å²) in [4.78, 5) is 12.1. The molecular formula is C31H35FO4. The highest BCUT2D eigenvalue weighted by atomic mass is 19.1. The second-order valence-electron chi connectivity index (χ2n) is 10.6. The van der Waals surface area contributed by atoms with E-state index in [0.29, 0.717) is 17.9 Å². The van der Waals surface area contributed by atoms with Crippen molar-refractivity contribution in [2.75, 3.05) is 14.2 Å². The van der Waals surface area contributed by atoms with Crippen molar-refractivity contribution in [3.05, 3.63) is 82.7 Å². The largest absolute Gasteiger partial charge is 0.497 e. The third kappa shape index (κ3) is 5.25. The lowest BCUT2D eigenvalue weighted by Crippen LogP contribution is -2.19. The first-order valence-electron chi connectivity index (χ1n) is 12.4. The number of esters is 1. The number of halogens is 1. The lowest BCUT2D eigenvalue weighted by atomic mass is 9.81. The average molecular weight is 491 g/mol. The van der Waals surface area contributed by atoms with Gasteiger partial charge in [-0.15, -0.1) is 0 Å². The lowest BCUT2D eigenvalue weighted by Gasteiger charge is -2.25. The molecule has 36 heavy (non-hydrogen) atoms. The molecule has 190 valence electrons. The van der Waals surface area contributed by atoms with Crippen molar-refractivity contribution in [3.8, 4) is 22.6 Å². The summed E-state index contributed by atoms with van der Waals surface area (Å²) >= 11 is 0. The standard InChI is InChI=1S/C31H35FO4/c1-19(30(33)35-6)24-13-9-21-8-10-23(17-26(21)24)36-18-20-7-12-25(28(15-20)31(2,3)4)27-16-22(34-5)11-14-29(27)32/h7-8,10-12,14-17,19,24H,9,13,18H2,1-6H3/t19-,24?/m1/s1. The van der Waals surface area contributed by atoms with Crippen LogP contribution in [0.2, 0.25) is 0 Å². The molecule has 0 saturated carbocycles. The van der Waals surface area contributed by atoms with E-state index < -0.39 is 0 Å². The Bertz CT molecular complexity index is 1260. The molecular weight excluding hydrogens is 455 g/mol. The maximum Gasteiger partial charge on any atom is 0.308 e.